The summed E-state index contributed by atoms with van der Waals surface area (Å²) in [6, 6.07) is 16.1. The second-order valence-corrected chi connectivity index (χ2v) is 7.77. The van der Waals surface area contributed by atoms with Gasteiger partial charge < -0.3 is 5.32 Å². The molecule has 4 rings (SSSR count). The lowest BCUT2D eigenvalue weighted by Crippen LogP contribution is -2.54. The van der Waals surface area contributed by atoms with E-state index in [1.165, 1.54) is 36.1 Å². The van der Waals surface area contributed by atoms with Gasteiger partial charge >= 0.3 is 0 Å². The summed E-state index contributed by atoms with van der Waals surface area (Å²) in [5.41, 5.74) is 4.16. The van der Waals surface area contributed by atoms with Crippen LogP contribution in [0.2, 0.25) is 0 Å². The predicted octanol–water partition coefficient (Wildman–Crippen LogP) is 2.86. The molecule has 0 radical (unpaired) electrons. The van der Waals surface area contributed by atoms with Crippen LogP contribution >= 0.6 is 0 Å². The summed E-state index contributed by atoms with van der Waals surface area (Å²) in [7, 11) is 2.27. The molecule has 2 aromatic rings. The smallest absolute Gasteiger partial charge is 0.0607 e. The minimum absolute atomic E-state index is 0.464. The summed E-state index contributed by atoms with van der Waals surface area (Å²) in [4.78, 5) is 9.82. The number of hydrogen-bond donors (Lipinski definition) is 1. The zero-order valence-electron chi connectivity index (χ0n) is 15.8. The highest BCUT2D eigenvalue weighted by Crippen LogP contribution is 2.31. The Bertz CT molecular complexity index is 702. The molecule has 1 aliphatic carbocycles. The zero-order chi connectivity index (χ0) is 17.8. The maximum atomic E-state index is 4.71. The highest BCUT2D eigenvalue weighted by molar-refractivity contribution is 5.25. The summed E-state index contributed by atoms with van der Waals surface area (Å²) in [5, 5.41) is 3.73. The Labute approximate surface area is 157 Å². The second kappa shape index (κ2) is 8.30. The topological polar surface area (TPSA) is 31.4 Å². The average molecular weight is 351 g/mol. The van der Waals surface area contributed by atoms with Crippen LogP contribution in [0.5, 0.6) is 0 Å². The Hall–Kier alpha value is -1.75. The molecular formula is C22H30N4. The molecular weight excluding hydrogens is 320 g/mol. The lowest BCUT2D eigenvalue weighted by molar-refractivity contribution is 0.138. The molecule has 138 valence electrons. The van der Waals surface area contributed by atoms with Crippen molar-refractivity contribution >= 4 is 0 Å². The van der Waals surface area contributed by atoms with E-state index in [2.05, 4.69) is 64.6 Å². The number of benzene rings is 1. The van der Waals surface area contributed by atoms with Crippen LogP contribution in [0.25, 0.3) is 0 Å². The van der Waals surface area contributed by atoms with Crippen molar-refractivity contribution in [2.45, 2.75) is 37.9 Å². The number of piperazine rings is 1. The van der Waals surface area contributed by atoms with E-state index in [4.69, 9.17) is 4.98 Å². The zero-order valence-corrected chi connectivity index (χ0v) is 15.8. The maximum absolute atomic E-state index is 4.71. The number of likely N-dealkylation sites (N-methyl/N-ethyl adjacent to an activating group) is 1. The van der Waals surface area contributed by atoms with Crippen molar-refractivity contribution in [1.29, 1.82) is 0 Å². The van der Waals surface area contributed by atoms with Crippen molar-refractivity contribution in [3.05, 3.63) is 65.5 Å². The van der Waals surface area contributed by atoms with Crippen molar-refractivity contribution in [2.24, 2.45) is 0 Å². The number of pyridine rings is 1. The quantitative estimate of drug-likeness (QED) is 0.898. The van der Waals surface area contributed by atoms with Crippen molar-refractivity contribution in [3.63, 3.8) is 0 Å². The average Bonchev–Trinajstić information content (AvgIpc) is 2.68. The minimum Gasteiger partial charge on any atom is -0.310 e. The molecule has 0 unspecified atom stereocenters. The first-order chi connectivity index (χ1) is 12.8. The predicted molar refractivity (Wildman–Crippen MR) is 106 cm³/mol. The summed E-state index contributed by atoms with van der Waals surface area (Å²) in [6.07, 6.45) is 5.62. The number of aromatic nitrogens is 1. The lowest BCUT2D eigenvalue weighted by atomic mass is 9.91. The van der Waals surface area contributed by atoms with E-state index in [-0.39, 0.29) is 0 Å². The third-order valence-corrected chi connectivity index (χ3v) is 5.79. The van der Waals surface area contributed by atoms with Crippen LogP contribution in [0, 0.1) is 0 Å². The first-order valence-corrected chi connectivity index (χ1v) is 9.93. The van der Waals surface area contributed by atoms with Gasteiger partial charge in [-0.15, -0.1) is 0 Å². The summed E-state index contributed by atoms with van der Waals surface area (Å²) >= 11 is 0. The van der Waals surface area contributed by atoms with Crippen molar-refractivity contribution in [1.82, 2.24) is 20.1 Å². The molecule has 26 heavy (non-hydrogen) atoms. The molecule has 2 atom stereocenters. The van der Waals surface area contributed by atoms with Gasteiger partial charge in [0.05, 0.1) is 11.7 Å². The molecule has 0 bridgehead atoms. The molecule has 0 spiro atoms. The fourth-order valence-corrected chi connectivity index (χ4v) is 4.49. The molecule has 0 saturated carbocycles. The van der Waals surface area contributed by atoms with Gasteiger partial charge in [0.1, 0.15) is 0 Å². The Morgan fingerprint density at radius 2 is 2.08 bits per heavy atom. The number of rotatable bonds is 5. The van der Waals surface area contributed by atoms with E-state index < -0.39 is 0 Å². The van der Waals surface area contributed by atoms with E-state index in [0.29, 0.717) is 12.1 Å². The van der Waals surface area contributed by atoms with E-state index in [1.807, 2.05) is 6.20 Å². The molecule has 0 amide bonds. The molecule has 1 N–H and O–H groups in total. The third kappa shape index (κ3) is 4.14. The number of nitrogens with zero attached hydrogens (tertiary/aromatic N) is 3. The van der Waals surface area contributed by atoms with Gasteiger partial charge in [0, 0.05) is 45.0 Å². The molecule has 4 heteroatoms. The van der Waals surface area contributed by atoms with Crippen LogP contribution in [0.4, 0.5) is 0 Å². The van der Waals surface area contributed by atoms with Gasteiger partial charge in [-0.2, -0.15) is 0 Å². The molecule has 2 heterocycles. The molecule has 1 fully saturated rings. The van der Waals surface area contributed by atoms with Crippen LogP contribution in [0.15, 0.2) is 48.7 Å². The van der Waals surface area contributed by atoms with Crippen LogP contribution in [-0.2, 0) is 13.0 Å². The van der Waals surface area contributed by atoms with Crippen molar-refractivity contribution < 1.29 is 0 Å². The van der Waals surface area contributed by atoms with Gasteiger partial charge in [0.25, 0.3) is 0 Å². The van der Waals surface area contributed by atoms with Gasteiger partial charge in [-0.1, -0.05) is 36.4 Å². The number of nitrogens with one attached hydrogen (secondary N) is 1. The lowest BCUT2D eigenvalue weighted by Gasteiger charge is -2.38. The highest BCUT2D eigenvalue weighted by Gasteiger charge is 2.28. The fraction of sp³-hybridized carbons (Fsp3) is 0.500. The van der Waals surface area contributed by atoms with Crippen molar-refractivity contribution in [3.8, 4) is 0 Å². The minimum atomic E-state index is 0.464. The summed E-state index contributed by atoms with van der Waals surface area (Å²) in [6.45, 7) is 5.44. The second-order valence-electron chi connectivity index (χ2n) is 7.77. The van der Waals surface area contributed by atoms with E-state index in [0.717, 1.165) is 32.7 Å². The highest BCUT2D eigenvalue weighted by atomic mass is 15.2. The van der Waals surface area contributed by atoms with Gasteiger partial charge in [-0.05, 0) is 43.5 Å². The maximum Gasteiger partial charge on any atom is 0.0607 e. The van der Waals surface area contributed by atoms with Crippen LogP contribution in [-0.4, -0.2) is 54.1 Å². The van der Waals surface area contributed by atoms with Crippen LogP contribution < -0.4 is 5.32 Å². The van der Waals surface area contributed by atoms with Gasteiger partial charge in [-0.25, -0.2) is 0 Å². The number of aryl methyl sites for hydroxylation is 1. The standard InChI is InChI=1S/C22H30N4/c1-25(21-11-5-9-19-10-6-12-24-22(19)21)16-20-17-26(14-13-23-20)15-18-7-3-2-4-8-18/h2-4,6-8,10,12,20-21,23H,5,9,11,13-17H2,1H3/t20-,21-/m0/s1. The molecule has 2 aliphatic rings. The number of hydrogen-bond acceptors (Lipinski definition) is 4. The Morgan fingerprint density at radius 3 is 2.96 bits per heavy atom. The Balaban J connectivity index is 1.36. The van der Waals surface area contributed by atoms with E-state index in [9.17, 15) is 0 Å². The number of fused-ring (bicyclic) bond motifs is 1. The first kappa shape index (κ1) is 17.7. The van der Waals surface area contributed by atoms with Gasteiger partial charge in [0.15, 0.2) is 0 Å². The molecule has 4 nitrogen and oxygen atoms in total. The van der Waals surface area contributed by atoms with Crippen molar-refractivity contribution in [2.75, 3.05) is 33.2 Å². The normalized spacial score (nSPS) is 23.8. The van der Waals surface area contributed by atoms with Gasteiger partial charge in [0.2, 0.25) is 0 Å². The monoisotopic (exact) mass is 350 g/mol. The largest absolute Gasteiger partial charge is 0.310 e. The molecule has 1 aromatic heterocycles. The SMILES string of the molecule is CN(C[C@H]1CN(Cc2ccccc2)CCN1)[C@H]1CCCc2cccnc21. The van der Waals surface area contributed by atoms with Crippen LogP contribution in [0.1, 0.15) is 35.7 Å². The van der Waals surface area contributed by atoms with E-state index >= 15 is 0 Å². The third-order valence-electron chi connectivity index (χ3n) is 5.79. The molecule has 1 aromatic carbocycles. The van der Waals surface area contributed by atoms with Gasteiger partial charge in [-0.3, -0.25) is 14.8 Å². The van der Waals surface area contributed by atoms with E-state index in [1.54, 1.807) is 0 Å². The Kier molecular flexibility index (Phi) is 5.63. The molecule has 1 aliphatic heterocycles. The summed E-state index contributed by atoms with van der Waals surface area (Å²) in [5.74, 6) is 0. The van der Waals surface area contributed by atoms with Crippen LogP contribution in [0.3, 0.4) is 0 Å². The summed E-state index contributed by atoms with van der Waals surface area (Å²) < 4.78 is 0. The molecule has 1 saturated heterocycles. The fourth-order valence-electron chi connectivity index (χ4n) is 4.49. The first-order valence-electron chi connectivity index (χ1n) is 9.93. The Morgan fingerprint density at radius 1 is 1.19 bits per heavy atom.